The van der Waals surface area contributed by atoms with Gasteiger partial charge in [-0.15, -0.1) is 5.10 Å². The SMILES string of the molecule is CC1CCCC(NC(=O)NC(=O)CSc2n[nH]c(=O)n2CCc2ccccc2)C1C. The molecule has 1 aromatic heterocycles. The van der Waals surface area contributed by atoms with Crippen molar-refractivity contribution in [2.45, 2.75) is 57.3 Å². The van der Waals surface area contributed by atoms with Crippen LogP contribution in [0.4, 0.5) is 4.79 Å². The number of aromatic nitrogens is 3. The molecule has 2 aromatic rings. The molecule has 1 fully saturated rings. The van der Waals surface area contributed by atoms with Gasteiger partial charge in [-0.05, 0) is 30.2 Å². The molecule has 3 atom stereocenters. The zero-order chi connectivity index (χ0) is 21.5. The van der Waals surface area contributed by atoms with Gasteiger partial charge in [-0.25, -0.2) is 14.7 Å². The van der Waals surface area contributed by atoms with Crippen molar-refractivity contribution in [1.82, 2.24) is 25.4 Å². The van der Waals surface area contributed by atoms with Crippen molar-refractivity contribution < 1.29 is 9.59 Å². The van der Waals surface area contributed by atoms with E-state index >= 15 is 0 Å². The number of nitrogens with zero attached hydrogens (tertiary/aromatic N) is 2. The minimum absolute atomic E-state index is 0.000324. The number of aryl methyl sites for hydroxylation is 1. The summed E-state index contributed by atoms with van der Waals surface area (Å²) >= 11 is 1.13. The highest BCUT2D eigenvalue weighted by atomic mass is 32.2. The number of imide groups is 1. The first-order valence-electron chi connectivity index (χ1n) is 10.4. The van der Waals surface area contributed by atoms with E-state index < -0.39 is 11.9 Å². The van der Waals surface area contributed by atoms with Crippen molar-refractivity contribution >= 4 is 23.7 Å². The maximum Gasteiger partial charge on any atom is 0.343 e. The van der Waals surface area contributed by atoms with Crippen LogP contribution in [0.5, 0.6) is 0 Å². The predicted octanol–water partition coefficient (Wildman–Crippen LogP) is 2.56. The predicted molar refractivity (Wildman–Crippen MR) is 116 cm³/mol. The fraction of sp³-hybridized carbons (Fsp3) is 0.524. The van der Waals surface area contributed by atoms with E-state index in [4.69, 9.17) is 0 Å². The molecule has 9 heteroatoms. The number of amides is 3. The zero-order valence-corrected chi connectivity index (χ0v) is 18.2. The Morgan fingerprint density at radius 3 is 2.77 bits per heavy atom. The van der Waals surface area contributed by atoms with Crippen LogP contribution in [0.2, 0.25) is 0 Å². The Balaban J connectivity index is 1.47. The quantitative estimate of drug-likeness (QED) is 0.584. The van der Waals surface area contributed by atoms with Gasteiger partial charge in [0.2, 0.25) is 5.91 Å². The van der Waals surface area contributed by atoms with E-state index in [-0.39, 0.29) is 17.5 Å². The Morgan fingerprint density at radius 1 is 1.23 bits per heavy atom. The lowest BCUT2D eigenvalue weighted by molar-refractivity contribution is -0.117. The number of rotatable bonds is 7. The Bertz CT molecular complexity index is 911. The molecule has 1 aliphatic carbocycles. The van der Waals surface area contributed by atoms with Crippen molar-refractivity contribution in [2.24, 2.45) is 11.8 Å². The van der Waals surface area contributed by atoms with Crippen LogP contribution in [0.3, 0.4) is 0 Å². The molecule has 1 heterocycles. The highest BCUT2D eigenvalue weighted by molar-refractivity contribution is 7.99. The molecule has 0 bridgehead atoms. The summed E-state index contributed by atoms with van der Waals surface area (Å²) in [7, 11) is 0. The number of thioether (sulfide) groups is 1. The summed E-state index contributed by atoms with van der Waals surface area (Å²) in [5.41, 5.74) is 0.800. The Morgan fingerprint density at radius 2 is 2.00 bits per heavy atom. The number of hydrogen-bond donors (Lipinski definition) is 3. The van der Waals surface area contributed by atoms with Crippen LogP contribution < -0.4 is 16.3 Å². The topological polar surface area (TPSA) is 109 Å². The van der Waals surface area contributed by atoms with Gasteiger partial charge in [0.25, 0.3) is 0 Å². The van der Waals surface area contributed by atoms with E-state index in [1.54, 1.807) is 0 Å². The maximum absolute atomic E-state index is 12.2. The summed E-state index contributed by atoms with van der Waals surface area (Å²) in [6.45, 7) is 4.79. The van der Waals surface area contributed by atoms with E-state index in [0.29, 0.717) is 30.0 Å². The normalized spacial score (nSPS) is 21.2. The van der Waals surface area contributed by atoms with E-state index in [0.717, 1.165) is 30.2 Å². The third-order valence-corrected chi connectivity index (χ3v) is 6.78. The van der Waals surface area contributed by atoms with E-state index in [2.05, 4.69) is 34.7 Å². The third kappa shape index (κ3) is 5.98. The second-order valence-electron chi connectivity index (χ2n) is 7.88. The van der Waals surface area contributed by atoms with Crippen LogP contribution in [0.15, 0.2) is 40.3 Å². The van der Waals surface area contributed by atoms with E-state index in [1.807, 2.05) is 30.3 Å². The summed E-state index contributed by atoms with van der Waals surface area (Å²) in [6, 6.07) is 9.47. The number of benzene rings is 1. The average molecular weight is 432 g/mol. The van der Waals surface area contributed by atoms with Crippen LogP contribution in [0.25, 0.3) is 0 Å². The van der Waals surface area contributed by atoms with E-state index in [1.165, 1.54) is 11.0 Å². The molecule has 162 valence electrons. The minimum Gasteiger partial charge on any atom is -0.335 e. The summed E-state index contributed by atoms with van der Waals surface area (Å²) in [4.78, 5) is 36.4. The van der Waals surface area contributed by atoms with Crippen molar-refractivity contribution in [3.63, 3.8) is 0 Å². The molecule has 0 radical (unpaired) electrons. The molecule has 0 spiro atoms. The molecule has 1 saturated carbocycles. The van der Waals surface area contributed by atoms with Crippen LogP contribution >= 0.6 is 11.8 Å². The van der Waals surface area contributed by atoms with Crippen LogP contribution in [0, 0.1) is 11.8 Å². The molecule has 1 aliphatic rings. The van der Waals surface area contributed by atoms with Gasteiger partial charge in [0.1, 0.15) is 0 Å². The first-order valence-corrected chi connectivity index (χ1v) is 11.3. The number of aromatic amines is 1. The summed E-state index contributed by atoms with van der Waals surface area (Å²) in [5.74, 6) is 0.526. The van der Waals surface area contributed by atoms with Gasteiger partial charge in [0.15, 0.2) is 5.16 Å². The smallest absolute Gasteiger partial charge is 0.335 e. The third-order valence-electron chi connectivity index (χ3n) is 5.80. The molecule has 3 amide bonds. The molecule has 0 aliphatic heterocycles. The average Bonchev–Trinajstić information content (AvgIpc) is 3.08. The molecule has 0 saturated heterocycles. The largest absolute Gasteiger partial charge is 0.343 e. The summed E-state index contributed by atoms with van der Waals surface area (Å²) in [5, 5.41) is 12.2. The number of H-pyrrole nitrogens is 1. The van der Waals surface area contributed by atoms with Gasteiger partial charge in [-0.2, -0.15) is 0 Å². The summed E-state index contributed by atoms with van der Waals surface area (Å²) in [6.07, 6.45) is 3.87. The highest BCUT2D eigenvalue weighted by Gasteiger charge is 2.28. The monoisotopic (exact) mass is 431 g/mol. The fourth-order valence-electron chi connectivity index (χ4n) is 3.78. The van der Waals surface area contributed by atoms with Crippen molar-refractivity contribution in [3.8, 4) is 0 Å². The first-order chi connectivity index (χ1) is 14.4. The van der Waals surface area contributed by atoms with Gasteiger partial charge < -0.3 is 5.32 Å². The molecular formula is C21H29N5O3S. The van der Waals surface area contributed by atoms with Gasteiger partial charge >= 0.3 is 11.7 Å². The molecule has 3 unspecified atom stereocenters. The standard InChI is InChI=1S/C21H29N5O3S/c1-14-7-6-10-17(15(14)2)22-19(28)23-18(27)13-30-21-25-24-20(29)26(21)12-11-16-8-4-3-5-9-16/h3-5,8-9,14-15,17H,6-7,10-13H2,1-2H3,(H,24,29)(H2,22,23,27,28). The van der Waals surface area contributed by atoms with Crippen LogP contribution in [-0.4, -0.2) is 38.5 Å². The van der Waals surface area contributed by atoms with E-state index in [9.17, 15) is 14.4 Å². The molecule has 1 aromatic carbocycles. The molecule has 8 nitrogen and oxygen atoms in total. The second-order valence-corrected chi connectivity index (χ2v) is 8.83. The number of nitrogens with one attached hydrogen (secondary N) is 3. The number of carbonyl (C=O) groups is 2. The Kier molecular flexibility index (Phi) is 7.73. The number of hydrogen-bond acceptors (Lipinski definition) is 5. The van der Waals surface area contributed by atoms with Crippen molar-refractivity contribution in [2.75, 3.05) is 5.75 Å². The van der Waals surface area contributed by atoms with Crippen LogP contribution in [-0.2, 0) is 17.8 Å². The minimum atomic E-state index is -0.463. The van der Waals surface area contributed by atoms with Gasteiger partial charge in [-0.3, -0.25) is 14.7 Å². The fourth-order valence-corrected chi connectivity index (χ4v) is 4.55. The zero-order valence-electron chi connectivity index (χ0n) is 17.4. The van der Waals surface area contributed by atoms with Crippen LogP contribution in [0.1, 0.15) is 38.7 Å². The summed E-state index contributed by atoms with van der Waals surface area (Å²) < 4.78 is 1.51. The van der Waals surface area contributed by atoms with Crippen molar-refractivity contribution in [3.05, 3.63) is 46.4 Å². The van der Waals surface area contributed by atoms with Crippen molar-refractivity contribution in [1.29, 1.82) is 0 Å². The molecule has 3 rings (SSSR count). The second kappa shape index (κ2) is 10.5. The Hall–Kier alpha value is -2.55. The van der Waals surface area contributed by atoms with Gasteiger partial charge in [0.05, 0.1) is 5.75 Å². The highest BCUT2D eigenvalue weighted by Crippen LogP contribution is 2.29. The lowest BCUT2D eigenvalue weighted by Gasteiger charge is -2.34. The van der Waals surface area contributed by atoms with Gasteiger partial charge in [-0.1, -0.05) is 68.8 Å². The van der Waals surface area contributed by atoms with Gasteiger partial charge in [0, 0.05) is 12.6 Å². The Labute approximate surface area is 180 Å². The lowest BCUT2D eigenvalue weighted by atomic mass is 9.78. The molecular weight excluding hydrogens is 402 g/mol. The lowest BCUT2D eigenvalue weighted by Crippen LogP contribution is -2.49. The molecule has 30 heavy (non-hydrogen) atoms. The number of carbonyl (C=O) groups excluding carboxylic acids is 2. The molecule has 3 N–H and O–H groups in total. The number of urea groups is 1. The first kappa shape index (κ1) is 22.1. The maximum atomic E-state index is 12.2.